The highest BCUT2D eigenvalue weighted by Crippen LogP contribution is 2.38. The molecule has 0 amide bonds. The van der Waals surface area contributed by atoms with Gasteiger partial charge >= 0.3 is 5.97 Å². The van der Waals surface area contributed by atoms with E-state index < -0.39 is 12.1 Å². The number of carbonyl (C=O) groups is 1. The van der Waals surface area contributed by atoms with E-state index in [4.69, 9.17) is 9.15 Å². The van der Waals surface area contributed by atoms with Crippen LogP contribution in [0.25, 0.3) is 0 Å². The zero-order valence-electron chi connectivity index (χ0n) is 15.7. The van der Waals surface area contributed by atoms with Crippen LogP contribution in [0.1, 0.15) is 29.2 Å². The molecule has 150 valence electrons. The van der Waals surface area contributed by atoms with Crippen LogP contribution in [0, 0.1) is 17.7 Å². The summed E-state index contributed by atoms with van der Waals surface area (Å²) in [5, 5.41) is 10.5. The molecule has 0 bridgehead atoms. The van der Waals surface area contributed by atoms with Gasteiger partial charge in [0.1, 0.15) is 23.4 Å². The van der Waals surface area contributed by atoms with Crippen molar-refractivity contribution in [2.24, 2.45) is 11.8 Å². The molecular weight excluding hydrogens is 365 g/mol. The first-order chi connectivity index (χ1) is 13.5. The topological polar surface area (TPSA) is 72.1 Å². The number of likely N-dealkylation sites (tertiary alicyclic amines) is 1. The summed E-state index contributed by atoms with van der Waals surface area (Å²) in [7, 11) is 1.32. The molecule has 1 saturated heterocycles. The van der Waals surface area contributed by atoms with Gasteiger partial charge in [0, 0.05) is 13.1 Å². The third-order valence-electron chi connectivity index (χ3n) is 5.69. The Bertz CT molecular complexity index is 820. The summed E-state index contributed by atoms with van der Waals surface area (Å²) in [6.45, 7) is 2.37. The molecule has 7 heteroatoms. The van der Waals surface area contributed by atoms with Crippen molar-refractivity contribution in [3.63, 3.8) is 0 Å². The Hall–Kier alpha value is -2.38. The van der Waals surface area contributed by atoms with Gasteiger partial charge in [-0.25, -0.2) is 9.18 Å². The maximum absolute atomic E-state index is 13.1. The van der Waals surface area contributed by atoms with Gasteiger partial charge in [-0.2, -0.15) is 0 Å². The number of hydrogen-bond donors (Lipinski definition) is 1. The Kier molecular flexibility index (Phi) is 5.37. The molecule has 0 spiro atoms. The fraction of sp³-hybridized carbons (Fsp3) is 0.476. The first kappa shape index (κ1) is 19.0. The monoisotopic (exact) mass is 389 g/mol. The van der Waals surface area contributed by atoms with Crippen molar-refractivity contribution in [2.45, 2.75) is 31.6 Å². The zero-order chi connectivity index (χ0) is 19.7. The van der Waals surface area contributed by atoms with E-state index in [1.807, 2.05) is 0 Å². The van der Waals surface area contributed by atoms with Crippen LogP contribution in [0.2, 0.25) is 0 Å². The van der Waals surface area contributed by atoms with Gasteiger partial charge in [0.05, 0.1) is 19.8 Å². The van der Waals surface area contributed by atoms with Crippen LogP contribution >= 0.6 is 0 Å². The second-order valence-corrected chi connectivity index (χ2v) is 7.62. The molecular formula is C21H24FNO5. The van der Waals surface area contributed by atoms with Gasteiger partial charge in [-0.1, -0.05) is 0 Å². The molecule has 1 N–H and O–H groups in total. The van der Waals surface area contributed by atoms with Crippen LogP contribution in [0.4, 0.5) is 4.39 Å². The standard InChI is InChI=1S/C21H24FNO5/c1-26-21(25)19-7-6-17(28-19)12-23-10-13-8-18(24)20(9-14(13)11-23)27-16-4-2-15(22)3-5-16/h2-7,13-14,18,20,24H,8-12H2,1H3/t13-,14+,18+,20+/m0/s1. The van der Waals surface area contributed by atoms with E-state index >= 15 is 0 Å². The van der Waals surface area contributed by atoms with Gasteiger partial charge in [0.25, 0.3) is 0 Å². The molecule has 0 unspecified atom stereocenters. The molecule has 1 aliphatic carbocycles. The van der Waals surface area contributed by atoms with Crippen molar-refractivity contribution in [1.29, 1.82) is 0 Å². The lowest BCUT2D eigenvalue weighted by Gasteiger charge is -2.35. The van der Waals surface area contributed by atoms with E-state index in [0.29, 0.717) is 30.6 Å². The molecule has 2 heterocycles. The first-order valence-corrected chi connectivity index (χ1v) is 9.51. The first-order valence-electron chi connectivity index (χ1n) is 9.51. The minimum absolute atomic E-state index is 0.206. The number of ether oxygens (including phenoxy) is 2. The van der Waals surface area contributed by atoms with Gasteiger partial charge < -0.3 is 19.0 Å². The summed E-state index contributed by atoms with van der Waals surface area (Å²) >= 11 is 0. The maximum Gasteiger partial charge on any atom is 0.373 e. The second-order valence-electron chi connectivity index (χ2n) is 7.62. The molecule has 4 rings (SSSR count). The van der Waals surface area contributed by atoms with Gasteiger partial charge in [0.2, 0.25) is 5.76 Å². The van der Waals surface area contributed by atoms with Crippen LogP contribution < -0.4 is 4.74 Å². The minimum atomic E-state index is -0.541. The molecule has 2 aromatic rings. The van der Waals surface area contributed by atoms with E-state index in [2.05, 4.69) is 9.64 Å². The van der Waals surface area contributed by atoms with E-state index in [-0.39, 0.29) is 17.7 Å². The van der Waals surface area contributed by atoms with Crippen molar-refractivity contribution < 1.29 is 28.2 Å². The normalized spacial score (nSPS) is 27.4. The number of fused-ring (bicyclic) bond motifs is 1. The third kappa shape index (κ3) is 4.05. The SMILES string of the molecule is COC(=O)c1ccc(CN2C[C@H]3C[C@@H](Oc4ccc(F)cc4)[C@H](O)C[C@H]3C2)o1. The molecule has 1 aromatic carbocycles. The molecule has 2 aliphatic rings. The van der Waals surface area contributed by atoms with E-state index in [1.165, 1.54) is 19.2 Å². The predicted molar refractivity (Wildman–Crippen MR) is 98.4 cm³/mol. The van der Waals surface area contributed by atoms with Crippen molar-refractivity contribution in [1.82, 2.24) is 4.90 Å². The molecule has 28 heavy (non-hydrogen) atoms. The summed E-state index contributed by atoms with van der Waals surface area (Å²) in [5.74, 6) is 1.53. The molecule has 1 aliphatic heterocycles. The van der Waals surface area contributed by atoms with Gasteiger partial charge in [0.15, 0.2) is 0 Å². The average molecular weight is 389 g/mol. The quantitative estimate of drug-likeness (QED) is 0.793. The predicted octanol–water partition coefficient (Wildman–Crippen LogP) is 2.86. The summed E-state index contributed by atoms with van der Waals surface area (Å²) in [6.07, 6.45) is 0.603. The number of methoxy groups -OCH3 is 1. The maximum atomic E-state index is 13.1. The van der Waals surface area contributed by atoms with E-state index in [1.54, 1.807) is 24.3 Å². The van der Waals surface area contributed by atoms with Crippen LogP contribution in [-0.2, 0) is 11.3 Å². The highest BCUT2D eigenvalue weighted by atomic mass is 19.1. The molecule has 6 nitrogen and oxygen atoms in total. The van der Waals surface area contributed by atoms with Gasteiger partial charge in [-0.3, -0.25) is 4.90 Å². The largest absolute Gasteiger partial charge is 0.488 e. The number of furan rings is 1. The van der Waals surface area contributed by atoms with Crippen LogP contribution in [0.15, 0.2) is 40.8 Å². The fourth-order valence-electron chi connectivity index (χ4n) is 4.32. The molecule has 2 fully saturated rings. The highest BCUT2D eigenvalue weighted by molar-refractivity contribution is 5.86. The lowest BCUT2D eigenvalue weighted by molar-refractivity contribution is -0.0231. The second kappa shape index (κ2) is 7.93. The van der Waals surface area contributed by atoms with Gasteiger partial charge in [-0.05, 0) is 61.1 Å². The average Bonchev–Trinajstić information content (AvgIpc) is 3.30. The Morgan fingerprint density at radius 2 is 1.89 bits per heavy atom. The number of hydrogen-bond acceptors (Lipinski definition) is 6. The van der Waals surface area contributed by atoms with E-state index in [0.717, 1.165) is 25.3 Å². The number of aliphatic hydroxyl groups excluding tert-OH is 1. The highest BCUT2D eigenvalue weighted by Gasteiger charge is 2.42. The molecule has 4 atom stereocenters. The summed E-state index contributed by atoms with van der Waals surface area (Å²) < 4.78 is 29.2. The minimum Gasteiger partial charge on any atom is -0.488 e. The number of halogens is 1. The Morgan fingerprint density at radius 3 is 2.61 bits per heavy atom. The number of carbonyl (C=O) groups excluding carboxylic acids is 1. The summed E-state index contributed by atoms with van der Waals surface area (Å²) in [4.78, 5) is 13.8. The number of aliphatic hydroxyl groups is 1. The van der Waals surface area contributed by atoms with Crippen molar-refractivity contribution in [2.75, 3.05) is 20.2 Å². The number of esters is 1. The molecule has 1 aromatic heterocycles. The third-order valence-corrected chi connectivity index (χ3v) is 5.69. The number of benzene rings is 1. The van der Waals surface area contributed by atoms with Crippen molar-refractivity contribution >= 4 is 5.97 Å². The van der Waals surface area contributed by atoms with Crippen molar-refractivity contribution in [3.8, 4) is 5.75 Å². The smallest absolute Gasteiger partial charge is 0.373 e. The Morgan fingerprint density at radius 1 is 1.18 bits per heavy atom. The molecule has 0 radical (unpaired) electrons. The van der Waals surface area contributed by atoms with Gasteiger partial charge in [-0.15, -0.1) is 0 Å². The van der Waals surface area contributed by atoms with Crippen LogP contribution in [-0.4, -0.2) is 48.4 Å². The number of nitrogens with zero attached hydrogens (tertiary/aromatic N) is 1. The number of rotatable bonds is 5. The molecule has 1 saturated carbocycles. The summed E-state index contributed by atoms with van der Waals surface area (Å²) in [6, 6.07) is 9.31. The fourth-order valence-corrected chi connectivity index (χ4v) is 4.32. The van der Waals surface area contributed by atoms with Crippen molar-refractivity contribution in [3.05, 3.63) is 53.7 Å². The Labute approximate surface area is 162 Å². The lowest BCUT2D eigenvalue weighted by Crippen LogP contribution is -2.42. The van der Waals surface area contributed by atoms with Crippen LogP contribution in [0.3, 0.4) is 0 Å². The zero-order valence-corrected chi connectivity index (χ0v) is 15.7. The van der Waals surface area contributed by atoms with E-state index in [9.17, 15) is 14.3 Å². The lowest BCUT2D eigenvalue weighted by atomic mass is 9.78. The van der Waals surface area contributed by atoms with Crippen LogP contribution in [0.5, 0.6) is 5.75 Å². The Balaban J connectivity index is 1.35. The summed E-state index contributed by atoms with van der Waals surface area (Å²) in [5.41, 5.74) is 0.